The molecule has 1 N–H and O–H groups in total. The molecule has 0 aromatic heterocycles. The lowest BCUT2D eigenvalue weighted by Crippen LogP contribution is -2.17. The van der Waals surface area contributed by atoms with Gasteiger partial charge in [0.2, 0.25) is 0 Å². The predicted molar refractivity (Wildman–Crippen MR) is 81.2 cm³/mol. The van der Waals surface area contributed by atoms with E-state index in [9.17, 15) is 4.39 Å². The van der Waals surface area contributed by atoms with E-state index in [1.807, 2.05) is 38.2 Å². The molecule has 100 valence electrons. The van der Waals surface area contributed by atoms with Crippen LogP contribution in [0.3, 0.4) is 0 Å². The van der Waals surface area contributed by atoms with Crippen molar-refractivity contribution in [2.24, 2.45) is 0 Å². The van der Waals surface area contributed by atoms with Gasteiger partial charge in [-0.25, -0.2) is 4.39 Å². The molecule has 2 rings (SSSR count). The molecule has 0 saturated carbocycles. The predicted octanol–water partition coefficient (Wildman–Crippen LogP) is 4.86. The van der Waals surface area contributed by atoms with Crippen LogP contribution in [0.1, 0.15) is 22.7 Å². The van der Waals surface area contributed by atoms with Gasteiger partial charge in [0.15, 0.2) is 0 Å². The van der Waals surface area contributed by atoms with E-state index in [1.54, 1.807) is 6.07 Å². The lowest BCUT2D eigenvalue weighted by Gasteiger charge is -2.18. The smallest absolute Gasteiger partial charge is 0.137 e. The minimum atomic E-state index is -0.268. The first kappa shape index (κ1) is 14.5. The summed E-state index contributed by atoms with van der Waals surface area (Å²) in [5.41, 5.74) is 2.91. The molecular weight excluding hydrogens is 329 g/mol. The van der Waals surface area contributed by atoms with Gasteiger partial charge >= 0.3 is 0 Å². The minimum Gasteiger partial charge on any atom is -0.309 e. The summed E-state index contributed by atoms with van der Waals surface area (Å²) < 4.78 is 14.1. The van der Waals surface area contributed by atoms with Gasteiger partial charge in [0.1, 0.15) is 5.82 Å². The third kappa shape index (κ3) is 3.16. The highest BCUT2D eigenvalue weighted by Gasteiger charge is 2.14. The molecule has 2 aromatic rings. The molecule has 0 heterocycles. The molecule has 1 atom stereocenters. The Morgan fingerprint density at radius 3 is 2.37 bits per heavy atom. The van der Waals surface area contributed by atoms with Crippen molar-refractivity contribution in [2.75, 3.05) is 7.05 Å². The monoisotopic (exact) mass is 341 g/mol. The van der Waals surface area contributed by atoms with Crippen LogP contribution < -0.4 is 5.32 Å². The van der Waals surface area contributed by atoms with Gasteiger partial charge in [-0.1, -0.05) is 29.8 Å². The van der Waals surface area contributed by atoms with Gasteiger partial charge in [-0.15, -0.1) is 0 Å². The highest BCUT2D eigenvalue weighted by Crippen LogP contribution is 2.28. The first-order chi connectivity index (χ1) is 9.02. The third-order valence-electron chi connectivity index (χ3n) is 3.09. The Bertz CT molecular complexity index is 549. The zero-order chi connectivity index (χ0) is 14.0. The number of hydrogen-bond acceptors (Lipinski definition) is 1. The van der Waals surface area contributed by atoms with E-state index in [0.29, 0.717) is 4.47 Å². The van der Waals surface area contributed by atoms with Crippen molar-refractivity contribution in [1.82, 2.24) is 5.32 Å². The summed E-state index contributed by atoms with van der Waals surface area (Å²) in [5.74, 6) is -0.268. The zero-order valence-electron chi connectivity index (χ0n) is 10.7. The van der Waals surface area contributed by atoms with Crippen molar-refractivity contribution in [3.63, 3.8) is 0 Å². The first-order valence-electron chi connectivity index (χ1n) is 5.91. The maximum absolute atomic E-state index is 13.6. The molecular formula is C15H14BrClFN. The van der Waals surface area contributed by atoms with Crippen LogP contribution in [-0.4, -0.2) is 7.05 Å². The summed E-state index contributed by atoms with van der Waals surface area (Å²) >= 11 is 9.31. The Kier molecular flexibility index (Phi) is 4.61. The maximum atomic E-state index is 13.6. The summed E-state index contributed by atoms with van der Waals surface area (Å²) in [7, 11) is 1.85. The molecule has 0 spiro atoms. The van der Waals surface area contributed by atoms with Crippen molar-refractivity contribution in [1.29, 1.82) is 0 Å². The largest absolute Gasteiger partial charge is 0.309 e. The van der Waals surface area contributed by atoms with E-state index < -0.39 is 0 Å². The second kappa shape index (κ2) is 6.04. The van der Waals surface area contributed by atoms with Crippen LogP contribution >= 0.6 is 27.5 Å². The van der Waals surface area contributed by atoms with Crippen molar-refractivity contribution in [3.8, 4) is 0 Å². The molecule has 1 unspecified atom stereocenters. The van der Waals surface area contributed by atoms with E-state index in [4.69, 9.17) is 11.6 Å². The third-order valence-corrected chi connectivity index (χ3v) is 4.15. The molecule has 0 saturated heterocycles. The fourth-order valence-electron chi connectivity index (χ4n) is 2.01. The Balaban J connectivity index is 2.43. The molecule has 2 aromatic carbocycles. The highest BCUT2D eigenvalue weighted by molar-refractivity contribution is 9.10. The normalized spacial score (nSPS) is 12.5. The summed E-state index contributed by atoms with van der Waals surface area (Å²) in [5, 5.41) is 3.91. The van der Waals surface area contributed by atoms with Gasteiger partial charge < -0.3 is 5.32 Å². The number of aryl methyl sites for hydroxylation is 1. The van der Waals surface area contributed by atoms with Crippen LogP contribution in [0, 0.1) is 12.7 Å². The summed E-state index contributed by atoms with van der Waals surface area (Å²) in [6.45, 7) is 1.96. The van der Waals surface area contributed by atoms with Gasteiger partial charge in [-0.05, 0) is 64.8 Å². The molecule has 0 aliphatic carbocycles. The molecule has 0 fully saturated rings. The van der Waals surface area contributed by atoms with Gasteiger partial charge in [-0.2, -0.15) is 0 Å². The molecule has 0 radical (unpaired) electrons. The van der Waals surface area contributed by atoms with E-state index >= 15 is 0 Å². The molecule has 0 bridgehead atoms. The Morgan fingerprint density at radius 2 is 1.79 bits per heavy atom. The zero-order valence-corrected chi connectivity index (χ0v) is 13.0. The van der Waals surface area contributed by atoms with Crippen LogP contribution in [0.25, 0.3) is 0 Å². The Hall–Kier alpha value is -0.900. The number of nitrogens with one attached hydrogen (secondary N) is 1. The minimum absolute atomic E-state index is 0.0827. The van der Waals surface area contributed by atoms with Crippen LogP contribution in [0.5, 0.6) is 0 Å². The SMILES string of the molecule is CNC(c1ccc(Br)c(F)c1)c1ccc(C)c(Cl)c1. The lowest BCUT2D eigenvalue weighted by molar-refractivity contribution is 0.610. The van der Waals surface area contributed by atoms with E-state index in [-0.39, 0.29) is 11.9 Å². The average molecular weight is 343 g/mol. The maximum Gasteiger partial charge on any atom is 0.137 e. The first-order valence-corrected chi connectivity index (χ1v) is 7.08. The van der Waals surface area contributed by atoms with Gasteiger partial charge in [0.05, 0.1) is 10.5 Å². The second-order valence-electron chi connectivity index (χ2n) is 4.40. The lowest BCUT2D eigenvalue weighted by atomic mass is 9.98. The van der Waals surface area contributed by atoms with E-state index in [2.05, 4.69) is 21.2 Å². The number of rotatable bonds is 3. The van der Waals surface area contributed by atoms with E-state index in [0.717, 1.165) is 21.7 Å². The van der Waals surface area contributed by atoms with Crippen molar-refractivity contribution in [2.45, 2.75) is 13.0 Å². The van der Waals surface area contributed by atoms with Crippen LogP contribution in [-0.2, 0) is 0 Å². The average Bonchev–Trinajstić information content (AvgIpc) is 2.39. The van der Waals surface area contributed by atoms with Crippen LogP contribution in [0.15, 0.2) is 40.9 Å². The van der Waals surface area contributed by atoms with Crippen molar-refractivity contribution < 1.29 is 4.39 Å². The molecule has 4 heteroatoms. The fraction of sp³-hybridized carbons (Fsp3) is 0.200. The quantitative estimate of drug-likeness (QED) is 0.840. The summed E-state index contributed by atoms with van der Waals surface area (Å²) in [6.07, 6.45) is 0. The van der Waals surface area contributed by atoms with E-state index in [1.165, 1.54) is 6.07 Å². The number of halogens is 3. The van der Waals surface area contributed by atoms with Crippen LogP contribution in [0.4, 0.5) is 4.39 Å². The molecule has 0 amide bonds. The Labute approximate surface area is 125 Å². The van der Waals surface area contributed by atoms with Crippen molar-refractivity contribution >= 4 is 27.5 Å². The summed E-state index contributed by atoms with van der Waals surface area (Å²) in [4.78, 5) is 0. The van der Waals surface area contributed by atoms with Gasteiger partial charge in [-0.3, -0.25) is 0 Å². The Morgan fingerprint density at radius 1 is 1.16 bits per heavy atom. The molecule has 0 aliphatic heterocycles. The number of hydrogen-bond donors (Lipinski definition) is 1. The highest BCUT2D eigenvalue weighted by atomic mass is 79.9. The van der Waals surface area contributed by atoms with Crippen molar-refractivity contribution in [3.05, 3.63) is 68.4 Å². The van der Waals surface area contributed by atoms with Crippen LogP contribution in [0.2, 0.25) is 5.02 Å². The standard InChI is InChI=1S/C15H14BrClFN/c1-9-3-4-10(7-13(9)17)15(19-2)11-5-6-12(16)14(18)8-11/h3-8,15,19H,1-2H3. The molecule has 19 heavy (non-hydrogen) atoms. The number of benzene rings is 2. The molecule has 1 nitrogen and oxygen atoms in total. The van der Waals surface area contributed by atoms with Gasteiger partial charge in [0, 0.05) is 5.02 Å². The molecule has 0 aliphatic rings. The second-order valence-corrected chi connectivity index (χ2v) is 5.67. The fourth-order valence-corrected chi connectivity index (χ4v) is 2.44. The summed E-state index contributed by atoms with van der Waals surface area (Å²) in [6, 6.07) is 10.9. The topological polar surface area (TPSA) is 12.0 Å². The van der Waals surface area contributed by atoms with Gasteiger partial charge in [0.25, 0.3) is 0 Å².